The molecule has 2 rings (SSSR count). The van der Waals surface area contributed by atoms with E-state index < -0.39 is 17.9 Å². The molecule has 0 saturated carbocycles. The minimum Gasteiger partial charge on any atom is -0.484 e. The van der Waals surface area contributed by atoms with Crippen LogP contribution in [0.25, 0.3) is 0 Å². The Labute approximate surface area is 166 Å². The number of aliphatic carboxylic acids is 1. The summed E-state index contributed by atoms with van der Waals surface area (Å²) in [7, 11) is 0. The lowest BCUT2D eigenvalue weighted by Crippen LogP contribution is -2.49. The van der Waals surface area contributed by atoms with E-state index >= 15 is 0 Å². The molecule has 2 unspecified atom stereocenters. The molecule has 1 aliphatic rings. The van der Waals surface area contributed by atoms with Crippen LogP contribution < -0.4 is 10.1 Å². The maximum absolute atomic E-state index is 12.5. The average molecular weight is 390 g/mol. The lowest BCUT2D eigenvalue weighted by Gasteiger charge is -2.38. The lowest BCUT2D eigenvalue weighted by atomic mass is 9.97. The molecule has 0 aliphatic carbocycles. The maximum Gasteiger partial charge on any atom is 0.326 e. The van der Waals surface area contributed by atoms with Crippen molar-refractivity contribution in [2.45, 2.75) is 65.1 Å². The van der Waals surface area contributed by atoms with Crippen molar-refractivity contribution in [2.75, 3.05) is 6.61 Å². The van der Waals surface area contributed by atoms with Gasteiger partial charge in [0.05, 0.1) is 0 Å². The van der Waals surface area contributed by atoms with E-state index in [1.807, 2.05) is 4.90 Å². The minimum atomic E-state index is -1.07. The highest BCUT2D eigenvalue weighted by atomic mass is 16.5. The zero-order chi connectivity index (χ0) is 20.8. The van der Waals surface area contributed by atoms with Crippen molar-refractivity contribution in [3.8, 4) is 5.75 Å². The van der Waals surface area contributed by atoms with Crippen LogP contribution in [-0.4, -0.2) is 52.5 Å². The Morgan fingerprint density at radius 2 is 1.71 bits per heavy atom. The molecule has 0 bridgehead atoms. The van der Waals surface area contributed by atoms with Crippen molar-refractivity contribution in [3.63, 3.8) is 0 Å². The Morgan fingerprint density at radius 1 is 1.14 bits per heavy atom. The molecule has 1 aliphatic heterocycles. The van der Waals surface area contributed by atoms with Gasteiger partial charge < -0.3 is 20.1 Å². The van der Waals surface area contributed by atoms with Gasteiger partial charge in [0.25, 0.3) is 11.8 Å². The van der Waals surface area contributed by atoms with Gasteiger partial charge in [-0.05, 0) is 63.3 Å². The fraction of sp³-hybridized carbons (Fsp3) is 0.571. The van der Waals surface area contributed by atoms with E-state index in [0.717, 1.165) is 19.3 Å². The standard InChI is InChI=1S/C21H30N2O5/c1-13(2)19(21(26)27)22-20(25)16-8-10-17(11-9-16)28-12-18(24)23-14(3)6-5-7-15(23)4/h8-11,13-15,19H,5-7,12H2,1-4H3,(H,22,25)(H,26,27)/t14?,15?,19-/m1/s1. The first kappa shape index (κ1) is 21.7. The van der Waals surface area contributed by atoms with Crippen LogP contribution in [0.15, 0.2) is 24.3 Å². The quantitative estimate of drug-likeness (QED) is 0.746. The first-order valence-electron chi connectivity index (χ1n) is 9.78. The predicted molar refractivity (Wildman–Crippen MR) is 105 cm³/mol. The van der Waals surface area contributed by atoms with E-state index in [2.05, 4.69) is 19.2 Å². The molecule has 1 heterocycles. The summed E-state index contributed by atoms with van der Waals surface area (Å²) in [4.78, 5) is 37.9. The van der Waals surface area contributed by atoms with E-state index in [1.54, 1.807) is 38.1 Å². The van der Waals surface area contributed by atoms with Gasteiger partial charge in [-0.25, -0.2) is 4.79 Å². The summed E-state index contributed by atoms with van der Waals surface area (Å²) in [6.45, 7) is 7.54. The number of carbonyl (C=O) groups excluding carboxylic acids is 2. The van der Waals surface area contributed by atoms with E-state index in [-0.39, 0.29) is 30.5 Å². The van der Waals surface area contributed by atoms with Crippen LogP contribution in [0.5, 0.6) is 5.75 Å². The van der Waals surface area contributed by atoms with Gasteiger partial charge in [0.1, 0.15) is 11.8 Å². The molecule has 3 atom stereocenters. The smallest absolute Gasteiger partial charge is 0.326 e. The third kappa shape index (κ3) is 5.47. The van der Waals surface area contributed by atoms with E-state index in [1.165, 1.54) is 0 Å². The molecule has 7 heteroatoms. The molecule has 0 spiro atoms. The Balaban J connectivity index is 1.92. The van der Waals surface area contributed by atoms with Crippen molar-refractivity contribution in [1.82, 2.24) is 10.2 Å². The molecule has 0 aromatic heterocycles. The fourth-order valence-electron chi connectivity index (χ4n) is 3.57. The summed E-state index contributed by atoms with van der Waals surface area (Å²) < 4.78 is 5.59. The number of piperidine rings is 1. The van der Waals surface area contributed by atoms with Gasteiger partial charge >= 0.3 is 5.97 Å². The number of hydrogen-bond donors (Lipinski definition) is 2. The second kappa shape index (κ2) is 9.57. The van der Waals surface area contributed by atoms with Crippen LogP contribution in [0.2, 0.25) is 0 Å². The average Bonchev–Trinajstić information content (AvgIpc) is 2.64. The summed E-state index contributed by atoms with van der Waals surface area (Å²) >= 11 is 0. The third-order valence-electron chi connectivity index (χ3n) is 5.18. The third-order valence-corrected chi connectivity index (χ3v) is 5.18. The van der Waals surface area contributed by atoms with E-state index in [4.69, 9.17) is 4.74 Å². The largest absolute Gasteiger partial charge is 0.484 e. The van der Waals surface area contributed by atoms with Crippen LogP contribution in [0, 0.1) is 5.92 Å². The van der Waals surface area contributed by atoms with Gasteiger partial charge in [-0.15, -0.1) is 0 Å². The summed E-state index contributed by atoms with van der Waals surface area (Å²) in [5, 5.41) is 11.7. The number of carboxylic acid groups (broad SMARTS) is 1. The number of carbonyl (C=O) groups is 3. The van der Waals surface area contributed by atoms with Crippen molar-refractivity contribution in [1.29, 1.82) is 0 Å². The molecule has 154 valence electrons. The second-order valence-electron chi connectivity index (χ2n) is 7.78. The molecular weight excluding hydrogens is 360 g/mol. The molecule has 2 N–H and O–H groups in total. The monoisotopic (exact) mass is 390 g/mol. The highest BCUT2D eigenvalue weighted by Crippen LogP contribution is 2.23. The van der Waals surface area contributed by atoms with Gasteiger partial charge in [0.2, 0.25) is 0 Å². The molecule has 1 aromatic carbocycles. The molecule has 1 fully saturated rings. The normalized spacial score (nSPS) is 20.5. The maximum atomic E-state index is 12.5. The van der Waals surface area contributed by atoms with Crippen molar-refractivity contribution in [2.24, 2.45) is 5.92 Å². The number of hydrogen-bond acceptors (Lipinski definition) is 4. The van der Waals surface area contributed by atoms with E-state index in [9.17, 15) is 19.5 Å². The van der Waals surface area contributed by atoms with E-state index in [0.29, 0.717) is 11.3 Å². The molecule has 0 radical (unpaired) electrons. The molecule has 1 saturated heterocycles. The number of amides is 2. The lowest BCUT2D eigenvalue weighted by molar-refractivity contribution is -0.140. The number of benzene rings is 1. The minimum absolute atomic E-state index is 0.0391. The zero-order valence-electron chi connectivity index (χ0n) is 17.0. The van der Waals surface area contributed by atoms with Crippen molar-refractivity contribution >= 4 is 17.8 Å². The topological polar surface area (TPSA) is 95.9 Å². The molecule has 7 nitrogen and oxygen atoms in total. The second-order valence-corrected chi connectivity index (χ2v) is 7.78. The first-order valence-corrected chi connectivity index (χ1v) is 9.78. The van der Waals surface area contributed by atoms with Crippen LogP contribution in [0.1, 0.15) is 57.3 Å². The van der Waals surface area contributed by atoms with Gasteiger partial charge in [0.15, 0.2) is 6.61 Å². The van der Waals surface area contributed by atoms with Crippen LogP contribution in [0.3, 0.4) is 0 Å². The molecule has 28 heavy (non-hydrogen) atoms. The van der Waals surface area contributed by atoms with Gasteiger partial charge in [-0.1, -0.05) is 13.8 Å². The number of carboxylic acids is 1. The van der Waals surface area contributed by atoms with Crippen LogP contribution in [0.4, 0.5) is 0 Å². The Hall–Kier alpha value is -2.57. The van der Waals surface area contributed by atoms with Crippen LogP contribution >= 0.6 is 0 Å². The number of rotatable bonds is 7. The zero-order valence-corrected chi connectivity index (χ0v) is 17.0. The predicted octanol–water partition coefficient (Wildman–Crippen LogP) is 2.69. The summed E-state index contributed by atoms with van der Waals surface area (Å²) in [5.41, 5.74) is 0.337. The molecular formula is C21H30N2O5. The SMILES string of the molecule is CC(C)[C@@H](NC(=O)c1ccc(OCC(=O)N2C(C)CCCC2C)cc1)C(=O)O. The van der Waals surface area contributed by atoms with Crippen molar-refractivity contribution in [3.05, 3.63) is 29.8 Å². The fourth-order valence-corrected chi connectivity index (χ4v) is 3.57. The number of nitrogens with zero attached hydrogens (tertiary/aromatic N) is 1. The molecule has 1 aromatic rings. The first-order chi connectivity index (χ1) is 13.2. The van der Waals surface area contributed by atoms with Gasteiger partial charge in [0, 0.05) is 17.6 Å². The highest BCUT2D eigenvalue weighted by Gasteiger charge is 2.29. The van der Waals surface area contributed by atoms with Crippen LogP contribution in [-0.2, 0) is 9.59 Å². The molecule has 2 amide bonds. The summed E-state index contributed by atoms with van der Waals surface area (Å²) in [6.07, 6.45) is 3.15. The van der Waals surface area contributed by atoms with Gasteiger partial charge in [-0.2, -0.15) is 0 Å². The number of likely N-dealkylation sites (tertiary alicyclic amines) is 1. The summed E-state index contributed by atoms with van der Waals surface area (Å²) in [5.74, 6) is -1.30. The number of ether oxygens (including phenoxy) is 1. The van der Waals surface area contributed by atoms with Gasteiger partial charge in [-0.3, -0.25) is 9.59 Å². The Bertz CT molecular complexity index is 691. The Morgan fingerprint density at radius 3 is 2.21 bits per heavy atom. The highest BCUT2D eigenvalue weighted by molar-refractivity contribution is 5.96. The van der Waals surface area contributed by atoms with Crippen molar-refractivity contribution < 1.29 is 24.2 Å². The summed E-state index contributed by atoms with van der Waals surface area (Å²) in [6, 6.07) is 5.81. The Kier molecular flexibility index (Phi) is 7.43. The number of nitrogens with one attached hydrogen (secondary N) is 1.